The number of aliphatic hydroxyl groups excluding tert-OH is 2. The Morgan fingerprint density at radius 2 is 2.21 bits per heavy atom. The molecule has 0 radical (unpaired) electrons. The fourth-order valence-electron chi connectivity index (χ4n) is 1.54. The lowest BCUT2D eigenvalue weighted by atomic mass is 10.0. The first-order valence-corrected chi connectivity index (χ1v) is 5.54. The number of methoxy groups -OCH3 is 1. The molecular formula is C12H19ClN2O4. The number of nitrogens with two attached hydrogens (primary N) is 1. The Hall–Kier alpha value is -1.34. The normalized spacial score (nSPS) is 11.4. The van der Waals surface area contributed by atoms with Gasteiger partial charge in [0.05, 0.1) is 26.4 Å². The van der Waals surface area contributed by atoms with Crippen LogP contribution in [-0.2, 0) is 11.4 Å². The number of ether oxygens (including phenoxy) is 1. The van der Waals surface area contributed by atoms with Gasteiger partial charge in [-0.05, 0) is 17.7 Å². The molecule has 1 aromatic rings. The third-order valence-corrected chi connectivity index (χ3v) is 2.51. The summed E-state index contributed by atoms with van der Waals surface area (Å²) in [6.45, 7) is -0.208. The van der Waals surface area contributed by atoms with Gasteiger partial charge in [-0.1, -0.05) is 6.07 Å². The Labute approximate surface area is 118 Å². The first-order chi connectivity index (χ1) is 8.62. The van der Waals surface area contributed by atoms with E-state index in [-0.39, 0.29) is 38.0 Å². The summed E-state index contributed by atoms with van der Waals surface area (Å²) < 4.78 is 5.12. The molecule has 0 aromatic heterocycles. The number of amides is 1. The topological polar surface area (TPSA) is 105 Å². The van der Waals surface area contributed by atoms with E-state index >= 15 is 0 Å². The zero-order chi connectivity index (χ0) is 13.5. The summed E-state index contributed by atoms with van der Waals surface area (Å²) >= 11 is 0. The van der Waals surface area contributed by atoms with E-state index in [0.717, 1.165) is 0 Å². The van der Waals surface area contributed by atoms with Crippen LogP contribution in [0.15, 0.2) is 18.2 Å². The van der Waals surface area contributed by atoms with Crippen LogP contribution in [0.25, 0.3) is 0 Å². The lowest BCUT2D eigenvalue weighted by molar-refractivity contribution is -0.120. The van der Waals surface area contributed by atoms with Crippen LogP contribution >= 0.6 is 12.4 Å². The van der Waals surface area contributed by atoms with Gasteiger partial charge in [-0.3, -0.25) is 4.79 Å². The molecule has 0 aliphatic heterocycles. The number of hydrogen-bond donors (Lipinski definition) is 4. The molecule has 7 heteroatoms. The molecule has 5 N–H and O–H groups in total. The number of nitrogens with one attached hydrogen (secondary N) is 1. The molecule has 19 heavy (non-hydrogen) atoms. The van der Waals surface area contributed by atoms with E-state index in [1.54, 1.807) is 18.2 Å². The van der Waals surface area contributed by atoms with E-state index in [9.17, 15) is 9.90 Å². The van der Waals surface area contributed by atoms with Crippen molar-refractivity contribution in [3.8, 4) is 5.75 Å². The first-order valence-electron chi connectivity index (χ1n) is 5.54. The van der Waals surface area contributed by atoms with Crippen molar-refractivity contribution in [1.29, 1.82) is 0 Å². The van der Waals surface area contributed by atoms with Gasteiger partial charge >= 0.3 is 0 Å². The minimum atomic E-state index is -0.915. The molecule has 1 atom stereocenters. The Bertz CT molecular complexity index is 415. The van der Waals surface area contributed by atoms with Gasteiger partial charge in [-0.15, -0.1) is 12.4 Å². The molecule has 1 rings (SSSR count). The minimum Gasteiger partial charge on any atom is -0.496 e. The van der Waals surface area contributed by atoms with Gasteiger partial charge in [0.15, 0.2) is 0 Å². The van der Waals surface area contributed by atoms with Crippen molar-refractivity contribution in [3.05, 3.63) is 29.3 Å². The first kappa shape index (κ1) is 17.7. The van der Waals surface area contributed by atoms with Gasteiger partial charge in [-0.2, -0.15) is 0 Å². The number of rotatable bonds is 6. The Morgan fingerprint density at radius 1 is 1.53 bits per heavy atom. The van der Waals surface area contributed by atoms with Crippen molar-refractivity contribution >= 4 is 18.3 Å². The second-order valence-corrected chi connectivity index (χ2v) is 3.76. The molecule has 0 saturated carbocycles. The van der Waals surface area contributed by atoms with Gasteiger partial charge in [-0.25, -0.2) is 0 Å². The highest BCUT2D eigenvalue weighted by atomic mass is 35.5. The quantitative estimate of drug-likeness (QED) is 0.577. The summed E-state index contributed by atoms with van der Waals surface area (Å²) in [5.41, 5.74) is 6.32. The molecule has 0 spiro atoms. The average molecular weight is 291 g/mol. The third kappa shape index (κ3) is 5.04. The van der Waals surface area contributed by atoms with Crippen molar-refractivity contribution < 1.29 is 19.7 Å². The van der Waals surface area contributed by atoms with Crippen LogP contribution in [0.3, 0.4) is 0 Å². The minimum absolute atomic E-state index is 0. The van der Waals surface area contributed by atoms with Gasteiger partial charge in [0, 0.05) is 12.1 Å². The van der Waals surface area contributed by atoms with Crippen LogP contribution in [0, 0.1) is 0 Å². The summed E-state index contributed by atoms with van der Waals surface area (Å²) in [7, 11) is 1.49. The molecule has 0 aliphatic carbocycles. The van der Waals surface area contributed by atoms with Crippen molar-refractivity contribution in [2.75, 3.05) is 20.2 Å². The highest BCUT2D eigenvalue weighted by molar-refractivity contribution is 5.85. The standard InChI is InChI=1S/C12H18N2O4.ClH/c1-18-11-3-2-8(7-15)4-9(11)10(16)6-14-12(17)5-13;/h2-4,10,15-16H,5-7,13H2,1H3,(H,14,17);1H. The lowest BCUT2D eigenvalue weighted by Gasteiger charge is -2.16. The molecule has 1 amide bonds. The second kappa shape index (κ2) is 8.71. The number of aliphatic hydroxyl groups is 2. The van der Waals surface area contributed by atoms with Crippen LogP contribution in [0.4, 0.5) is 0 Å². The van der Waals surface area contributed by atoms with Gasteiger partial charge in [0.25, 0.3) is 0 Å². The summed E-state index contributed by atoms with van der Waals surface area (Å²) in [4.78, 5) is 11.0. The molecule has 0 fully saturated rings. The van der Waals surface area contributed by atoms with Crippen molar-refractivity contribution in [2.24, 2.45) is 5.73 Å². The predicted octanol–water partition coefficient (Wildman–Crippen LogP) is -0.282. The monoisotopic (exact) mass is 290 g/mol. The van der Waals surface area contributed by atoms with Gasteiger partial charge < -0.3 is 26.0 Å². The molecule has 108 valence electrons. The highest BCUT2D eigenvalue weighted by Gasteiger charge is 2.14. The molecule has 6 nitrogen and oxygen atoms in total. The van der Waals surface area contributed by atoms with Gasteiger partial charge in [0.2, 0.25) is 5.91 Å². The Morgan fingerprint density at radius 3 is 2.74 bits per heavy atom. The highest BCUT2D eigenvalue weighted by Crippen LogP contribution is 2.26. The molecule has 0 aliphatic rings. The van der Waals surface area contributed by atoms with E-state index in [2.05, 4.69) is 5.32 Å². The lowest BCUT2D eigenvalue weighted by Crippen LogP contribution is -2.33. The maximum atomic E-state index is 11.0. The Kier molecular flexibility index (Phi) is 8.09. The van der Waals surface area contributed by atoms with E-state index in [4.69, 9.17) is 15.6 Å². The zero-order valence-corrected chi connectivity index (χ0v) is 11.4. The van der Waals surface area contributed by atoms with Crippen LogP contribution in [-0.4, -0.2) is 36.3 Å². The molecule has 1 aromatic carbocycles. The fourth-order valence-corrected chi connectivity index (χ4v) is 1.54. The maximum absolute atomic E-state index is 11.0. The second-order valence-electron chi connectivity index (χ2n) is 3.76. The van der Waals surface area contributed by atoms with Crippen LogP contribution < -0.4 is 15.8 Å². The third-order valence-electron chi connectivity index (χ3n) is 2.51. The summed E-state index contributed by atoms with van der Waals surface area (Å²) in [5, 5.41) is 21.5. The summed E-state index contributed by atoms with van der Waals surface area (Å²) in [5.74, 6) is 0.160. The van der Waals surface area contributed by atoms with Gasteiger partial charge in [0.1, 0.15) is 5.75 Å². The predicted molar refractivity (Wildman–Crippen MR) is 73.2 cm³/mol. The van der Waals surface area contributed by atoms with Crippen LogP contribution in [0.2, 0.25) is 0 Å². The zero-order valence-electron chi connectivity index (χ0n) is 10.6. The number of benzene rings is 1. The number of carbonyl (C=O) groups excluding carboxylic acids is 1. The molecule has 0 saturated heterocycles. The molecule has 0 heterocycles. The van der Waals surface area contributed by atoms with Crippen LogP contribution in [0.1, 0.15) is 17.2 Å². The largest absolute Gasteiger partial charge is 0.496 e. The van der Waals surface area contributed by atoms with E-state index in [0.29, 0.717) is 16.9 Å². The average Bonchev–Trinajstić information content (AvgIpc) is 2.43. The van der Waals surface area contributed by atoms with E-state index < -0.39 is 6.10 Å². The smallest absolute Gasteiger partial charge is 0.233 e. The van der Waals surface area contributed by atoms with E-state index in [1.165, 1.54) is 7.11 Å². The SMILES string of the molecule is COc1ccc(CO)cc1C(O)CNC(=O)CN.Cl. The number of halogens is 1. The van der Waals surface area contributed by atoms with Crippen LogP contribution in [0.5, 0.6) is 5.75 Å². The van der Waals surface area contributed by atoms with E-state index in [1.807, 2.05) is 0 Å². The summed E-state index contributed by atoms with van der Waals surface area (Å²) in [6.07, 6.45) is -0.915. The fraction of sp³-hybridized carbons (Fsp3) is 0.417. The molecule has 0 bridgehead atoms. The van der Waals surface area contributed by atoms with Crippen molar-refractivity contribution in [2.45, 2.75) is 12.7 Å². The molecular weight excluding hydrogens is 272 g/mol. The maximum Gasteiger partial charge on any atom is 0.233 e. The van der Waals surface area contributed by atoms with Crippen molar-refractivity contribution in [3.63, 3.8) is 0 Å². The number of carbonyl (C=O) groups is 1. The molecule has 1 unspecified atom stereocenters. The number of hydrogen-bond acceptors (Lipinski definition) is 5. The summed E-state index contributed by atoms with van der Waals surface area (Å²) in [6, 6.07) is 5.00. The Balaban J connectivity index is 0.00000324. The van der Waals surface area contributed by atoms with Crippen molar-refractivity contribution in [1.82, 2.24) is 5.32 Å².